The largest absolute Gasteiger partial charge is 0.495 e. The molecule has 3 nitrogen and oxygen atoms in total. The van der Waals surface area contributed by atoms with Crippen molar-refractivity contribution < 1.29 is 9.13 Å². The predicted octanol–water partition coefficient (Wildman–Crippen LogP) is 3.60. The molecule has 0 atom stereocenters. The van der Waals surface area contributed by atoms with Crippen LogP contribution >= 0.6 is 15.9 Å². The van der Waals surface area contributed by atoms with Crippen LogP contribution < -0.4 is 10.1 Å². The van der Waals surface area contributed by atoms with Gasteiger partial charge in [-0.1, -0.05) is 15.9 Å². The van der Waals surface area contributed by atoms with E-state index >= 15 is 0 Å². The van der Waals surface area contributed by atoms with E-state index in [0.29, 0.717) is 6.54 Å². The molecular formula is C13H12BrFN2O. The van der Waals surface area contributed by atoms with E-state index in [4.69, 9.17) is 4.74 Å². The smallest absolute Gasteiger partial charge is 0.142 e. The number of aromatic nitrogens is 1. The second-order valence-electron chi connectivity index (χ2n) is 3.71. The topological polar surface area (TPSA) is 34.1 Å². The molecule has 1 aromatic heterocycles. The first-order chi connectivity index (χ1) is 8.69. The van der Waals surface area contributed by atoms with Crippen molar-refractivity contribution in [2.24, 2.45) is 0 Å². The summed E-state index contributed by atoms with van der Waals surface area (Å²) in [5, 5.41) is 3.19. The summed E-state index contributed by atoms with van der Waals surface area (Å²) in [7, 11) is 1.61. The van der Waals surface area contributed by atoms with Gasteiger partial charge in [0.15, 0.2) is 0 Å². The minimum absolute atomic E-state index is 0.337. The first kappa shape index (κ1) is 12.8. The Labute approximate surface area is 113 Å². The second-order valence-corrected chi connectivity index (χ2v) is 4.63. The predicted molar refractivity (Wildman–Crippen MR) is 72.2 cm³/mol. The molecule has 0 amide bonds. The van der Waals surface area contributed by atoms with Gasteiger partial charge < -0.3 is 10.1 Å². The molecule has 0 saturated carbocycles. The molecular weight excluding hydrogens is 299 g/mol. The maximum absolute atomic E-state index is 13.0. The number of rotatable bonds is 4. The zero-order valence-corrected chi connectivity index (χ0v) is 11.4. The Morgan fingerprint density at radius 2 is 2.17 bits per heavy atom. The van der Waals surface area contributed by atoms with E-state index in [-0.39, 0.29) is 5.82 Å². The monoisotopic (exact) mass is 310 g/mol. The van der Waals surface area contributed by atoms with E-state index in [1.807, 2.05) is 18.2 Å². The van der Waals surface area contributed by atoms with Crippen LogP contribution in [0.4, 0.5) is 10.1 Å². The van der Waals surface area contributed by atoms with E-state index in [9.17, 15) is 4.39 Å². The lowest BCUT2D eigenvalue weighted by Crippen LogP contribution is -2.02. The molecule has 1 heterocycles. The molecule has 0 aliphatic heterocycles. The van der Waals surface area contributed by atoms with Crippen molar-refractivity contribution in [1.82, 2.24) is 4.98 Å². The van der Waals surface area contributed by atoms with Gasteiger partial charge in [-0.2, -0.15) is 0 Å². The zero-order chi connectivity index (χ0) is 13.0. The SMILES string of the molecule is COc1ccc(Br)cc1NCc1cncc(F)c1. The Balaban J connectivity index is 2.12. The van der Waals surface area contributed by atoms with Crippen LogP contribution in [0.3, 0.4) is 0 Å². The first-order valence-electron chi connectivity index (χ1n) is 5.36. The summed E-state index contributed by atoms with van der Waals surface area (Å²) >= 11 is 3.40. The second kappa shape index (κ2) is 5.82. The summed E-state index contributed by atoms with van der Waals surface area (Å²) in [6, 6.07) is 7.11. The van der Waals surface area contributed by atoms with Crippen LogP contribution in [-0.4, -0.2) is 12.1 Å². The highest BCUT2D eigenvalue weighted by Gasteiger charge is 2.03. The number of ether oxygens (including phenoxy) is 1. The lowest BCUT2D eigenvalue weighted by Gasteiger charge is -2.11. The third-order valence-electron chi connectivity index (χ3n) is 2.41. The molecule has 0 aliphatic carbocycles. The van der Waals surface area contributed by atoms with E-state index in [1.54, 1.807) is 13.3 Å². The van der Waals surface area contributed by atoms with Crippen LogP contribution in [0.2, 0.25) is 0 Å². The summed E-state index contributed by atoms with van der Waals surface area (Å²) in [6.07, 6.45) is 2.81. The molecule has 0 radical (unpaired) electrons. The normalized spacial score (nSPS) is 10.2. The summed E-state index contributed by atoms with van der Waals surface area (Å²) in [6.45, 7) is 0.484. The van der Waals surface area contributed by atoms with Gasteiger partial charge in [0.2, 0.25) is 0 Å². The third kappa shape index (κ3) is 3.20. The van der Waals surface area contributed by atoms with E-state index in [1.165, 1.54) is 12.3 Å². The van der Waals surface area contributed by atoms with Crippen LogP contribution in [-0.2, 0) is 6.54 Å². The molecule has 5 heteroatoms. The van der Waals surface area contributed by atoms with E-state index < -0.39 is 0 Å². The van der Waals surface area contributed by atoms with Gasteiger partial charge in [0.25, 0.3) is 0 Å². The standard InChI is InChI=1S/C13H12BrFN2O/c1-18-13-3-2-10(14)5-12(13)17-7-9-4-11(15)8-16-6-9/h2-6,8,17H,7H2,1H3. The highest BCUT2D eigenvalue weighted by atomic mass is 79.9. The summed E-state index contributed by atoms with van der Waals surface area (Å²) in [5.41, 5.74) is 1.62. The Bertz CT molecular complexity index is 548. The quantitative estimate of drug-likeness (QED) is 0.937. The van der Waals surface area contributed by atoms with Gasteiger partial charge in [0.05, 0.1) is 19.0 Å². The van der Waals surface area contributed by atoms with Crippen LogP contribution in [0.25, 0.3) is 0 Å². The lowest BCUT2D eigenvalue weighted by atomic mass is 10.2. The van der Waals surface area contributed by atoms with Crippen LogP contribution in [0.1, 0.15) is 5.56 Å². The fraction of sp³-hybridized carbons (Fsp3) is 0.154. The first-order valence-corrected chi connectivity index (χ1v) is 6.15. The molecule has 1 aromatic carbocycles. The van der Waals surface area contributed by atoms with Gasteiger partial charge in [-0.3, -0.25) is 4.98 Å². The summed E-state index contributed by atoms with van der Waals surface area (Å²) < 4.78 is 19.2. The lowest BCUT2D eigenvalue weighted by molar-refractivity contribution is 0.416. The van der Waals surface area contributed by atoms with Gasteiger partial charge in [-0.05, 0) is 29.8 Å². The van der Waals surface area contributed by atoms with Gasteiger partial charge in [0, 0.05) is 17.2 Å². The number of hydrogen-bond acceptors (Lipinski definition) is 3. The minimum Gasteiger partial charge on any atom is -0.495 e. The maximum atomic E-state index is 13.0. The van der Waals surface area contributed by atoms with Crippen LogP contribution in [0.15, 0.2) is 41.1 Å². The van der Waals surface area contributed by atoms with Crippen molar-refractivity contribution >= 4 is 21.6 Å². The van der Waals surface area contributed by atoms with Crippen molar-refractivity contribution in [3.05, 3.63) is 52.5 Å². The van der Waals surface area contributed by atoms with Crippen LogP contribution in [0, 0.1) is 5.82 Å². The molecule has 2 rings (SSSR count). The van der Waals surface area contributed by atoms with Crippen LogP contribution in [0.5, 0.6) is 5.75 Å². The van der Waals surface area contributed by atoms with E-state index in [2.05, 4.69) is 26.2 Å². The number of nitrogens with one attached hydrogen (secondary N) is 1. The minimum atomic E-state index is -0.337. The Kier molecular flexibility index (Phi) is 4.15. The van der Waals surface area contributed by atoms with Gasteiger partial charge in [-0.15, -0.1) is 0 Å². The maximum Gasteiger partial charge on any atom is 0.142 e. The fourth-order valence-corrected chi connectivity index (χ4v) is 1.93. The number of methoxy groups -OCH3 is 1. The van der Waals surface area contributed by atoms with Gasteiger partial charge >= 0.3 is 0 Å². The van der Waals surface area contributed by atoms with Crippen molar-refractivity contribution in [3.8, 4) is 5.75 Å². The highest BCUT2D eigenvalue weighted by Crippen LogP contribution is 2.28. The molecule has 0 saturated heterocycles. The zero-order valence-electron chi connectivity index (χ0n) is 9.78. The van der Waals surface area contributed by atoms with Gasteiger partial charge in [-0.25, -0.2) is 4.39 Å². The molecule has 1 N–H and O–H groups in total. The Hall–Kier alpha value is -1.62. The number of benzene rings is 1. The molecule has 0 aliphatic rings. The molecule has 0 fully saturated rings. The molecule has 18 heavy (non-hydrogen) atoms. The third-order valence-corrected chi connectivity index (χ3v) is 2.90. The Morgan fingerprint density at radius 3 is 2.89 bits per heavy atom. The van der Waals surface area contributed by atoms with Crippen molar-refractivity contribution in [1.29, 1.82) is 0 Å². The number of anilines is 1. The van der Waals surface area contributed by atoms with Gasteiger partial charge in [0.1, 0.15) is 11.6 Å². The van der Waals surface area contributed by atoms with Crippen molar-refractivity contribution in [2.75, 3.05) is 12.4 Å². The Morgan fingerprint density at radius 1 is 1.33 bits per heavy atom. The van der Waals surface area contributed by atoms with Crippen molar-refractivity contribution in [3.63, 3.8) is 0 Å². The molecule has 0 spiro atoms. The summed E-state index contributed by atoms with van der Waals surface area (Å²) in [4.78, 5) is 3.80. The molecule has 94 valence electrons. The molecule has 2 aromatic rings. The molecule has 0 unspecified atom stereocenters. The summed E-state index contributed by atoms with van der Waals surface area (Å²) in [5.74, 6) is 0.401. The number of pyridine rings is 1. The average molecular weight is 311 g/mol. The molecule has 0 bridgehead atoms. The van der Waals surface area contributed by atoms with E-state index in [0.717, 1.165) is 21.5 Å². The average Bonchev–Trinajstić information content (AvgIpc) is 2.37. The highest BCUT2D eigenvalue weighted by molar-refractivity contribution is 9.10. The van der Waals surface area contributed by atoms with Crippen molar-refractivity contribution in [2.45, 2.75) is 6.54 Å². The fourth-order valence-electron chi connectivity index (χ4n) is 1.57. The number of hydrogen-bond donors (Lipinski definition) is 1. The number of halogens is 2. The number of nitrogens with zero attached hydrogens (tertiary/aromatic N) is 1.